The van der Waals surface area contributed by atoms with Gasteiger partial charge in [-0.05, 0) is 56.8 Å². The second kappa shape index (κ2) is 7.91. The summed E-state index contributed by atoms with van der Waals surface area (Å²) in [5, 5.41) is 11.6. The van der Waals surface area contributed by atoms with Crippen LogP contribution >= 0.6 is 0 Å². The van der Waals surface area contributed by atoms with Gasteiger partial charge in [0.15, 0.2) is 0 Å². The number of aliphatic hydroxyl groups is 1. The summed E-state index contributed by atoms with van der Waals surface area (Å²) in [6, 6.07) is -1.11. The lowest BCUT2D eigenvalue weighted by Crippen LogP contribution is -2.59. The molecule has 4 rings (SSSR count). The lowest BCUT2D eigenvalue weighted by Gasteiger charge is -2.46. The van der Waals surface area contributed by atoms with Crippen LogP contribution in [0.25, 0.3) is 0 Å². The standard InChI is InChI=1S/C22H36N4O3/c1-2-14-7-15-5-6-22(9-14,10-15)20(26(24)12-19(23)16-3-4-16)21(29)25-11-18(28)8-17(25)13-27/h12-18,20,28H,2-11,23-24H2,1H3/b19-12-/t14?,15?,17-,18+,20?,22+/m0/s1. The zero-order chi connectivity index (χ0) is 20.8. The first-order valence-electron chi connectivity index (χ1n) is 11.3. The predicted molar refractivity (Wildman–Crippen MR) is 110 cm³/mol. The van der Waals surface area contributed by atoms with Gasteiger partial charge in [-0.2, -0.15) is 0 Å². The average molecular weight is 405 g/mol. The third kappa shape index (κ3) is 3.91. The van der Waals surface area contributed by atoms with E-state index in [0.717, 1.165) is 56.9 Å². The summed E-state index contributed by atoms with van der Waals surface area (Å²) in [5.74, 6) is 8.05. The second-order valence-electron chi connectivity index (χ2n) is 10.0. The first-order chi connectivity index (χ1) is 13.9. The van der Waals surface area contributed by atoms with Crippen LogP contribution in [0.3, 0.4) is 0 Å². The van der Waals surface area contributed by atoms with Crippen molar-refractivity contribution in [2.24, 2.45) is 34.7 Å². The number of rotatable bonds is 7. The first kappa shape index (κ1) is 20.7. The fourth-order valence-corrected chi connectivity index (χ4v) is 6.31. The van der Waals surface area contributed by atoms with Crippen LogP contribution in [0.1, 0.15) is 64.7 Å². The molecule has 1 saturated heterocycles. The number of hydrogen-bond donors (Lipinski definition) is 3. The van der Waals surface area contributed by atoms with Gasteiger partial charge < -0.3 is 25.5 Å². The van der Waals surface area contributed by atoms with Crippen molar-refractivity contribution in [3.63, 3.8) is 0 Å². The van der Waals surface area contributed by atoms with Gasteiger partial charge in [-0.3, -0.25) is 4.79 Å². The highest BCUT2D eigenvalue weighted by atomic mass is 16.3. The molecule has 0 aromatic rings. The number of carbonyl (C=O) groups excluding carboxylic acids is 2. The average Bonchev–Trinajstić information content (AvgIpc) is 3.41. The van der Waals surface area contributed by atoms with E-state index in [2.05, 4.69) is 6.92 Å². The van der Waals surface area contributed by atoms with Crippen LogP contribution in [0.5, 0.6) is 0 Å². The van der Waals surface area contributed by atoms with E-state index in [4.69, 9.17) is 11.6 Å². The van der Waals surface area contributed by atoms with Gasteiger partial charge in [0.05, 0.1) is 12.1 Å². The van der Waals surface area contributed by atoms with E-state index in [1.165, 1.54) is 6.42 Å². The first-order valence-corrected chi connectivity index (χ1v) is 11.3. The molecule has 4 aliphatic rings. The Morgan fingerprint density at radius 3 is 2.72 bits per heavy atom. The third-order valence-electron chi connectivity index (χ3n) is 7.91. The number of β-amino-alcohol motifs (C(OH)–C–C–N with tert-alkyl or cyclic N) is 1. The van der Waals surface area contributed by atoms with Crippen molar-refractivity contribution in [1.82, 2.24) is 9.91 Å². The number of nitrogens with zero attached hydrogens (tertiary/aromatic N) is 2. The summed E-state index contributed by atoms with van der Waals surface area (Å²) < 4.78 is 0. The molecular weight excluding hydrogens is 368 g/mol. The molecule has 1 aliphatic heterocycles. The second-order valence-corrected chi connectivity index (χ2v) is 10.0. The van der Waals surface area contributed by atoms with Gasteiger partial charge in [0.2, 0.25) is 5.91 Å². The molecule has 7 nitrogen and oxygen atoms in total. The summed E-state index contributed by atoms with van der Waals surface area (Å²) in [6.07, 6.45) is 10.8. The van der Waals surface area contributed by atoms with Gasteiger partial charge >= 0.3 is 0 Å². The van der Waals surface area contributed by atoms with Crippen LogP contribution in [0.15, 0.2) is 11.9 Å². The summed E-state index contributed by atoms with van der Waals surface area (Å²) in [5.41, 5.74) is 6.80. The van der Waals surface area contributed by atoms with Gasteiger partial charge in [-0.25, -0.2) is 5.84 Å². The maximum absolute atomic E-state index is 13.8. The topological polar surface area (TPSA) is 113 Å². The number of nitrogens with two attached hydrogens (primary N) is 2. The number of allylic oxidation sites excluding steroid dienone is 1. The Balaban J connectivity index is 1.66. The molecule has 7 heteroatoms. The maximum atomic E-state index is 13.8. The van der Waals surface area contributed by atoms with Crippen molar-refractivity contribution in [1.29, 1.82) is 0 Å². The quantitative estimate of drug-likeness (QED) is 0.337. The smallest absolute Gasteiger partial charge is 0.248 e. The fourth-order valence-electron chi connectivity index (χ4n) is 6.31. The molecule has 3 aliphatic carbocycles. The number of aliphatic hydroxyl groups excluding tert-OH is 1. The number of carbonyl (C=O) groups is 2. The SMILES string of the molecule is CCC1CC2CC[C@@](C(C(=O)N3C[C@H](O)C[C@H]3C=O)N(N)/C=C(\N)C3CC3)(C1)C2. The van der Waals surface area contributed by atoms with E-state index >= 15 is 0 Å². The molecule has 6 atom stereocenters. The molecule has 4 fully saturated rings. The van der Waals surface area contributed by atoms with E-state index in [-0.39, 0.29) is 17.9 Å². The Hall–Kier alpha value is -1.60. The van der Waals surface area contributed by atoms with E-state index in [9.17, 15) is 14.7 Å². The number of likely N-dealkylation sites (tertiary alicyclic amines) is 1. The van der Waals surface area contributed by atoms with Crippen LogP contribution in [-0.2, 0) is 9.59 Å². The molecular formula is C22H36N4O3. The highest BCUT2D eigenvalue weighted by Gasteiger charge is 2.55. The lowest BCUT2D eigenvalue weighted by molar-refractivity contribution is -0.145. The van der Waals surface area contributed by atoms with Crippen LogP contribution in [-0.4, -0.2) is 51.9 Å². The molecule has 29 heavy (non-hydrogen) atoms. The highest BCUT2D eigenvalue weighted by Crippen LogP contribution is 2.57. The molecule has 162 valence electrons. The summed E-state index contributed by atoms with van der Waals surface area (Å²) >= 11 is 0. The molecule has 1 amide bonds. The minimum Gasteiger partial charge on any atom is -0.401 e. The van der Waals surface area contributed by atoms with Crippen LogP contribution in [0.4, 0.5) is 0 Å². The van der Waals surface area contributed by atoms with E-state index in [1.807, 2.05) is 0 Å². The summed E-state index contributed by atoms with van der Waals surface area (Å²) in [6.45, 7) is 2.43. The van der Waals surface area contributed by atoms with Gasteiger partial charge in [-0.1, -0.05) is 13.3 Å². The van der Waals surface area contributed by atoms with Crippen LogP contribution in [0.2, 0.25) is 0 Å². The van der Waals surface area contributed by atoms with Crippen molar-refractivity contribution in [2.75, 3.05) is 6.54 Å². The molecule has 0 radical (unpaired) electrons. The monoisotopic (exact) mass is 404 g/mol. The van der Waals surface area contributed by atoms with Gasteiger partial charge in [0.1, 0.15) is 12.3 Å². The summed E-state index contributed by atoms with van der Waals surface area (Å²) in [4.78, 5) is 27.0. The Morgan fingerprint density at radius 2 is 2.07 bits per heavy atom. The van der Waals surface area contributed by atoms with Gasteiger partial charge in [0, 0.05) is 36.2 Å². The lowest BCUT2D eigenvalue weighted by atomic mass is 9.65. The zero-order valence-corrected chi connectivity index (χ0v) is 17.5. The van der Waals surface area contributed by atoms with Crippen LogP contribution in [0, 0.1) is 23.2 Å². The van der Waals surface area contributed by atoms with Crippen molar-refractivity contribution >= 4 is 12.2 Å². The predicted octanol–water partition coefficient (Wildman–Crippen LogP) is 1.51. The molecule has 5 N–H and O–H groups in total. The highest BCUT2D eigenvalue weighted by molar-refractivity contribution is 5.86. The van der Waals surface area contributed by atoms with E-state index < -0.39 is 18.2 Å². The summed E-state index contributed by atoms with van der Waals surface area (Å²) in [7, 11) is 0. The Morgan fingerprint density at radius 1 is 1.31 bits per heavy atom. The molecule has 0 aromatic carbocycles. The Labute approximate surface area is 173 Å². The number of aldehydes is 1. The number of amides is 1. The number of hydrogen-bond acceptors (Lipinski definition) is 6. The molecule has 3 saturated carbocycles. The molecule has 3 unspecified atom stereocenters. The van der Waals surface area contributed by atoms with Gasteiger partial charge in [-0.15, -0.1) is 0 Å². The molecule has 0 spiro atoms. The Kier molecular flexibility index (Phi) is 5.64. The maximum Gasteiger partial charge on any atom is 0.248 e. The van der Waals surface area contributed by atoms with E-state index in [1.54, 1.807) is 16.1 Å². The Bertz CT molecular complexity index is 679. The largest absolute Gasteiger partial charge is 0.401 e. The van der Waals surface area contributed by atoms with Crippen molar-refractivity contribution in [3.05, 3.63) is 11.9 Å². The minimum absolute atomic E-state index is 0.126. The fraction of sp³-hybridized carbons (Fsp3) is 0.818. The van der Waals surface area contributed by atoms with Crippen molar-refractivity contribution in [3.8, 4) is 0 Å². The van der Waals surface area contributed by atoms with Crippen molar-refractivity contribution < 1.29 is 14.7 Å². The van der Waals surface area contributed by atoms with E-state index in [0.29, 0.717) is 24.2 Å². The molecule has 0 aromatic heterocycles. The van der Waals surface area contributed by atoms with Crippen LogP contribution < -0.4 is 11.6 Å². The zero-order valence-electron chi connectivity index (χ0n) is 17.5. The number of fused-ring (bicyclic) bond motifs is 2. The third-order valence-corrected chi connectivity index (χ3v) is 7.91. The minimum atomic E-state index is -0.656. The molecule has 1 heterocycles. The normalized spacial score (nSPS) is 38.2. The van der Waals surface area contributed by atoms with Crippen molar-refractivity contribution in [2.45, 2.75) is 82.9 Å². The number of hydrazine groups is 1. The molecule has 2 bridgehead atoms. The van der Waals surface area contributed by atoms with Gasteiger partial charge in [0.25, 0.3) is 0 Å².